The number of carbonyl (C=O) groups excluding carboxylic acids is 1. The van der Waals surface area contributed by atoms with Crippen molar-refractivity contribution in [2.75, 3.05) is 13.1 Å². The number of amides is 1. The minimum atomic E-state index is -0.613. The molecule has 0 bridgehead atoms. The van der Waals surface area contributed by atoms with Gasteiger partial charge in [-0.25, -0.2) is 9.37 Å². The standard InChI is InChI=1S/C19H19ClFN3OS/c1-19(23-17(25)15-6-3-7-16(20)22-15)9-11-24(18(19)26)10-8-13-4-2-5-14(21)12-13/h2-7,12H,8-11H2,1H3,(H,23,25). The van der Waals surface area contributed by atoms with E-state index in [0.717, 1.165) is 12.1 Å². The van der Waals surface area contributed by atoms with Gasteiger partial charge < -0.3 is 10.2 Å². The first-order valence-electron chi connectivity index (χ1n) is 8.36. The molecule has 2 aromatic rings. The van der Waals surface area contributed by atoms with Gasteiger partial charge in [0.05, 0.1) is 5.54 Å². The van der Waals surface area contributed by atoms with Crippen LogP contribution in [-0.2, 0) is 6.42 Å². The fraction of sp³-hybridized carbons (Fsp3) is 0.316. The van der Waals surface area contributed by atoms with Crippen LogP contribution in [0.4, 0.5) is 4.39 Å². The van der Waals surface area contributed by atoms with E-state index in [1.807, 2.05) is 13.0 Å². The summed E-state index contributed by atoms with van der Waals surface area (Å²) >= 11 is 11.5. The van der Waals surface area contributed by atoms with Crippen LogP contribution < -0.4 is 5.32 Å². The molecule has 136 valence electrons. The van der Waals surface area contributed by atoms with Crippen LogP contribution in [-0.4, -0.2) is 39.4 Å². The lowest BCUT2D eigenvalue weighted by Gasteiger charge is -2.28. The Bertz CT molecular complexity index is 847. The van der Waals surface area contributed by atoms with Crippen LogP contribution in [0.3, 0.4) is 0 Å². The third-order valence-corrected chi connectivity index (χ3v) is 5.46. The highest BCUT2D eigenvalue weighted by molar-refractivity contribution is 7.80. The summed E-state index contributed by atoms with van der Waals surface area (Å²) in [6, 6.07) is 11.5. The second-order valence-corrected chi connectivity index (χ2v) is 7.33. The number of hydrogen-bond donors (Lipinski definition) is 1. The molecule has 0 radical (unpaired) electrons. The molecule has 2 heterocycles. The summed E-state index contributed by atoms with van der Waals surface area (Å²) in [5, 5.41) is 3.25. The van der Waals surface area contributed by atoms with Crippen molar-refractivity contribution >= 4 is 34.7 Å². The van der Waals surface area contributed by atoms with Crippen LogP contribution in [0.25, 0.3) is 0 Å². The molecule has 3 rings (SSSR count). The number of likely N-dealkylation sites (tertiary alicyclic amines) is 1. The van der Waals surface area contributed by atoms with Gasteiger partial charge in [-0.2, -0.15) is 0 Å². The molecule has 0 spiro atoms. The largest absolute Gasteiger partial charge is 0.364 e. The highest BCUT2D eigenvalue weighted by Gasteiger charge is 2.40. The lowest BCUT2D eigenvalue weighted by molar-refractivity contribution is 0.0923. The van der Waals surface area contributed by atoms with Gasteiger partial charge in [0.25, 0.3) is 5.91 Å². The van der Waals surface area contributed by atoms with Gasteiger partial charge >= 0.3 is 0 Å². The molecule has 0 aliphatic carbocycles. The van der Waals surface area contributed by atoms with Crippen molar-refractivity contribution in [1.29, 1.82) is 0 Å². The van der Waals surface area contributed by atoms with Crippen LogP contribution in [0.2, 0.25) is 5.15 Å². The highest BCUT2D eigenvalue weighted by atomic mass is 35.5. The Hall–Kier alpha value is -2.05. The molecule has 1 unspecified atom stereocenters. The van der Waals surface area contributed by atoms with Crippen LogP contribution in [0.15, 0.2) is 42.5 Å². The van der Waals surface area contributed by atoms with E-state index >= 15 is 0 Å². The first kappa shape index (κ1) is 18.7. The lowest BCUT2D eigenvalue weighted by atomic mass is 10.0. The first-order chi connectivity index (χ1) is 12.4. The molecular formula is C19H19ClFN3OS. The summed E-state index contributed by atoms with van der Waals surface area (Å²) in [6.07, 6.45) is 1.40. The van der Waals surface area contributed by atoms with Crippen molar-refractivity contribution in [2.24, 2.45) is 0 Å². The van der Waals surface area contributed by atoms with Gasteiger partial charge in [-0.3, -0.25) is 4.79 Å². The summed E-state index contributed by atoms with van der Waals surface area (Å²) in [5.74, 6) is -0.540. The fourth-order valence-corrected chi connectivity index (χ4v) is 3.55. The monoisotopic (exact) mass is 391 g/mol. The number of nitrogens with one attached hydrogen (secondary N) is 1. The molecule has 1 aromatic carbocycles. The molecule has 26 heavy (non-hydrogen) atoms. The van der Waals surface area contributed by atoms with Gasteiger partial charge in [-0.1, -0.05) is 42.0 Å². The van der Waals surface area contributed by atoms with Crippen LogP contribution in [0.1, 0.15) is 29.4 Å². The molecule has 1 fully saturated rings. The number of rotatable bonds is 5. The second kappa shape index (κ2) is 7.68. The van der Waals surface area contributed by atoms with Gasteiger partial charge in [0.2, 0.25) is 0 Å². The third-order valence-electron chi connectivity index (χ3n) is 4.54. The summed E-state index contributed by atoms with van der Waals surface area (Å²) in [4.78, 5) is 19.3. The maximum atomic E-state index is 13.3. The zero-order valence-electron chi connectivity index (χ0n) is 14.3. The number of nitrogens with zero attached hydrogens (tertiary/aromatic N) is 2. The molecule has 1 saturated heterocycles. The van der Waals surface area contributed by atoms with E-state index in [9.17, 15) is 9.18 Å². The third kappa shape index (κ3) is 4.19. The smallest absolute Gasteiger partial charge is 0.270 e. The molecule has 1 atom stereocenters. The Labute approximate surface area is 162 Å². The Morgan fingerprint density at radius 2 is 2.15 bits per heavy atom. The molecule has 4 nitrogen and oxygen atoms in total. The van der Waals surface area contributed by atoms with Gasteiger partial charge in [-0.15, -0.1) is 0 Å². The average molecular weight is 392 g/mol. The molecule has 7 heteroatoms. The van der Waals surface area contributed by atoms with Crippen molar-refractivity contribution in [3.63, 3.8) is 0 Å². The minimum absolute atomic E-state index is 0.238. The lowest BCUT2D eigenvalue weighted by Crippen LogP contribution is -2.51. The van der Waals surface area contributed by atoms with E-state index in [1.54, 1.807) is 24.3 Å². The quantitative estimate of drug-likeness (QED) is 0.624. The van der Waals surface area contributed by atoms with Gasteiger partial charge in [0.1, 0.15) is 21.7 Å². The SMILES string of the molecule is CC1(NC(=O)c2cccc(Cl)n2)CCN(CCc2cccc(F)c2)C1=S. The number of hydrogen-bond acceptors (Lipinski definition) is 3. The summed E-state index contributed by atoms with van der Waals surface area (Å²) < 4.78 is 13.3. The highest BCUT2D eigenvalue weighted by Crippen LogP contribution is 2.25. The Morgan fingerprint density at radius 1 is 1.38 bits per heavy atom. The van der Waals surface area contributed by atoms with Gasteiger partial charge in [-0.05, 0) is 49.6 Å². The molecule has 1 aliphatic heterocycles. The summed E-state index contributed by atoms with van der Waals surface area (Å²) in [5.41, 5.74) is 0.575. The van der Waals surface area contributed by atoms with Crippen molar-refractivity contribution < 1.29 is 9.18 Å². The van der Waals surface area contributed by atoms with Crippen molar-refractivity contribution in [1.82, 2.24) is 15.2 Å². The van der Waals surface area contributed by atoms with Crippen molar-refractivity contribution in [3.05, 3.63) is 64.7 Å². The number of thiocarbonyl (C=S) groups is 1. The zero-order chi connectivity index (χ0) is 18.7. The van der Waals surface area contributed by atoms with Crippen LogP contribution >= 0.6 is 23.8 Å². The van der Waals surface area contributed by atoms with Crippen LogP contribution in [0.5, 0.6) is 0 Å². The Morgan fingerprint density at radius 3 is 2.88 bits per heavy atom. The normalized spacial score (nSPS) is 19.7. The Balaban J connectivity index is 1.62. The number of benzene rings is 1. The van der Waals surface area contributed by atoms with E-state index in [-0.39, 0.29) is 22.6 Å². The molecular weight excluding hydrogens is 373 g/mol. The minimum Gasteiger partial charge on any atom is -0.364 e. The van der Waals surface area contributed by atoms with E-state index in [2.05, 4.69) is 15.2 Å². The van der Waals surface area contributed by atoms with Crippen molar-refractivity contribution in [3.8, 4) is 0 Å². The predicted octanol–water partition coefficient (Wildman–Crippen LogP) is 3.64. The van der Waals surface area contributed by atoms with E-state index in [1.165, 1.54) is 12.1 Å². The topological polar surface area (TPSA) is 45.2 Å². The fourth-order valence-electron chi connectivity index (χ4n) is 3.05. The van der Waals surface area contributed by atoms with E-state index in [4.69, 9.17) is 23.8 Å². The van der Waals surface area contributed by atoms with Gasteiger partial charge in [0, 0.05) is 13.1 Å². The molecule has 1 N–H and O–H groups in total. The predicted molar refractivity (Wildman–Crippen MR) is 104 cm³/mol. The van der Waals surface area contributed by atoms with E-state index < -0.39 is 5.54 Å². The van der Waals surface area contributed by atoms with Gasteiger partial charge in [0.15, 0.2) is 0 Å². The maximum absolute atomic E-state index is 13.3. The Kier molecular flexibility index (Phi) is 5.53. The number of carbonyl (C=O) groups is 1. The zero-order valence-corrected chi connectivity index (χ0v) is 15.9. The summed E-state index contributed by atoms with van der Waals surface area (Å²) in [6.45, 7) is 3.34. The first-order valence-corrected chi connectivity index (χ1v) is 9.15. The second-order valence-electron chi connectivity index (χ2n) is 6.55. The van der Waals surface area contributed by atoms with E-state index in [0.29, 0.717) is 24.4 Å². The van der Waals surface area contributed by atoms with Crippen molar-refractivity contribution in [2.45, 2.75) is 25.3 Å². The summed E-state index contributed by atoms with van der Waals surface area (Å²) in [7, 11) is 0. The molecule has 0 saturated carbocycles. The number of pyridine rings is 1. The van der Waals surface area contributed by atoms with Crippen LogP contribution in [0, 0.1) is 5.82 Å². The average Bonchev–Trinajstić information content (AvgIpc) is 2.88. The number of halogens is 2. The molecule has 1 amide bonds. The maximum Gasteiger partial charge on any atom is 0.270 e. The molecule has 1 aliphatic rings. The number of aromatic nitrogens is 1. The molecule has 1 aromatic heterocycles.